The van der Waals surface area contributed by atoms with Crippen molar-refractivity contribution in [3.63, 3.8) is 0 Å². The summed E-state index contributed by atoms with van der Waals surface area (Å²) in [5.74, 6) is 0.616. The van der Waals surface area contributed by atoms with Gasteiger partial charge in [-0.15, -0.1) is 0 Å². The summed E-state index contributed by atoms with van der Waals surface area (Å²) >= 11 is 0. The van der Waals surface area contributed by atoms with Crippen molar-refractivity contribution < 1.29 is 4.74 Å². The van der Waals surface area contributed by atoms with Gasteiger partial charge in [-0.1, -0.05) is 26.0 Å². The number of piperidine rings is 1. The summed E-state index contributed by atoms with van der Waals surface area (Å²) in [5.41, 5.74) is 2.79. The molecule has 0 aliphatic carbocycles. The lowest BCUT2D eigenvalue weighted by atomic mass is 9.95. The van der Waals surface area contributed by atoms with Crippen molar-refractivity contribution in [2.24, 2.45) is 0 Å². The first-order valence-electron chi connectivity index (χ1n) is 6.72. The molecule has 3 fully saturated rings. The molecule has 4 rings (SSSR count). The summed E-state index contributed by atoms with van der Waals surface area (Å²) in [4.78, 5) is 2.53. The number of hydrogen-bond donors (Lipinski definition) is 0. The number of anilines is 1. The molecule has 0 aromatic heterocycles. The van der Waals surface area contributed by atoms with E-state index in [4.69, 9.17) is 4.74 Å². The van der Waals surface area contributed by atoms with Gasteiger partial charge in [0.05, 0.1) is 18.8 Å². The quantitative estimate of drug-likeness (QED) is 0.775. The molecule has 3 aliphatic heterocycles. The molecule has 2 atom stereocenters. The molecule has 0 radical (unpaired) electrons. The average molecular weight is 231 g/mol. The Morgan fingerprint density at radius 1 is 1.18 bits per heavy atom. The molecule has 2 bridgehead atoms. The maximum absolute atomic E-state index is 5.75. The van der Waals surface area contributed by atoms with E-state index in [-0.39, 0.29) is 0 Å². The lowest BCUT2D eigenvalue weighted by molar-refractivity contribution is -0.0225. The molecule has 3 aliphatic rings. The zero-order chi connectivity index (χ0) is 11.8. The summed E-state index contributed by atoms with van der Waals surface area (Å²) in [6.45, 7) is 6.47. The molecular formula is C15H21NO. The van der Waals surface area contributed by atoms with Crippen molar-refractivity contribution in [3.05, 3.63) is 29.8 Å². The Bertz CT molecular complexity index is 376. The predicted octanol–water partition coefficient (Wildman–Crippen LogP) is 3.18. The Hall–Kier alpha value is -1.02. The van der Waals surface area contributed by atoms with Crippen LogP contribution in [0.25, 0.3) is 0 Å². The van der Waals surface area contributed by atoms with Gasteiger partial charge in [-0.3, -0.25) is 0 Å². The molecule has 2 nitrogen and oxygen atoms in total. The van der Waals surface area contributed by atoms with Crippen LogP contribution >= 0.6 is 0 Å². The highest BCUT2D eigenvalue weighted by atomic mass is 16.5. The second-order valence-electron chi connectivity index (χ2n) is 5.59. The zero-order valence-electron chi connectivity index (χ0n) is 10.7. The van der Waals surface area contributed by atoms with E-state index >= 15 is 0 Å². The van der Waals surface area contributed by atoms with E-state index in [1.165, 1.54) is 24.1 Å². The topological polar surface area (TPSA) is 12.5 Å². The van der Waals surface area contributed by atoms with Crippen LogP contribution in [0.1, 0.15) is 38.2 Å². The lowest BCUT2D eigenvalue weighted by Gasteiger charge is -2.46. The molecule has 3 heterocycles. The monoisotopic (exact) mass is 231 g/mol. The van der Waals surface area contributed by atoms with Crippen molar-refractivity contribution in [3.8, 4) is 0 Å². The fourth-order valence-corrected chi connectivity index (χ4v) is 2.92. The third kappa shape index (κ3) is 2.06. The molecule has 2 unspecified atom stereocenters. The fraction of sp³-hybridized carbons (Fsp3) is 0.600. The van der Waals surface area contributed by atoms with Crippen molar-refractivity contribution in [2.45, 2.75) is 44.8 Å². The maximum atomic E-state index is 5.75. The molecule has 0 saturated carbocycles. The maximum Gasteiger partial charge on any atom is 0.0751 e. The number of ether oxygens (including phenoxy) is 1. The smallest absolute Gasteiger partial charge is 0.0751 e. The van der Waals surface area contributed by atoms with E-state index in [2.05, 4.69) is 43.0 Å². The molecule has 0 N–H and O–H groups in total. The summed E-state index contributed by atoms with van der Waals surface area (Å²) in [5, 5.41) is 0. The van der Waals surface area contributed by atoms with Gasteiger partial charge in [-0.05, 0) is 36.5 Å². The van der Waals surface area contributed by atoms with Crippen LogP contribution in [0.15, 0.2) is 24.3 Å². The Kier molecular flexibility index (Phi) is 2.83. The Labute approximate surface area is 104 Å². The molecule has 17 heavy (non-hydrogen) atoms. The first-order chi connectivity index (χ1) is 8.24. The number of fused-ring (bicyclic) bond motifs is 3. The van der Waals surface area contributed by atoms with Gasteiger partial charge < -0.3 is 9.64 Å². The van der Waals surface area contributed by atoms with Crippen molar-refractivity contribution in [2.75, 3.05) is 18.1 Å². The number of hydrogen-bond acceptors (Lipinski definition) is 2. The van der Waals surface area contributed by atoms with Gasteiger partial charge in [0, 0.05) is 12.2 Å². The third-order valence-electron chi connectivity index (χ3n) is 4.08. The van der Waals surface area contributed by atoms with Gasteiger partial charge in [-0.2, -0.15) is 0 Å². The first kappa shape index (κ1) is 11.1. The molecular weight excluding hydrogens is 210 g/mol. The molecule has 0 spiro atoms. The second kappa shape index (κ2) is 4.34. The molecule has 92 valence electrons. The van der Waals surface area contributed by atoms with Crippen molar-refractivity contribution in [1.82, 2.24) is 0 Å². The summed E-state index contributed by atoms with van der Waals surface area (Å²) in [6.07, 6.45) is 2.99. The number of morpholine rings is 1. The Morgan fingerprint density at radius 3 is 2.41 bits per heavy atom. The van der Waals surface area contributed by atoms with Gasteiger partial charge >= 0.3 is 0 Å². The van der Waals surface area contributed by atoms with Gasteiger partial charge in [0.25, 0.3) is 0 Å². The van der Waals surface area contributed by atoms with Crippen LogP contribution in [0.2, 0.25) is 0 Å². The van der Waals surface area contributed by atoms with Crippen LogP contribution in [0, 0.1) is 0 Å². The van der Waals surface area contributed by atoms with E-state index in [1.54, 1.807) is 0 Å². The van der Waals surface area contributed by atoms with Crippen LogP contribution in [0.5, 0.6) is 0 Å². The molecule has 3 saturated heterocycles. The van der Waals surface area contributed by atoms with Crippen LogP contribution in [-0.4, -0.2) is 25.3 Å². The standard InChI is InChI=1S/C15H21NO/c1-11(2)12-3-5-13(6-4-12)16-9-15-8-7-14(16)10-17-15/h3-6,11,14-15H,7-10H2,1-2H3. The van der Waals surface area contributed by atoms with Crippen LogP contribution in [-0.2, 0) is 4.74 Å². The Morgan fingerprint density at radius 2 is 1.94 bits per heavy atom. The van der Waals surface area contributed by atoms with E-state index < -0.39 is 0 Å². The third-order valence-corrected chi connectivity index (χ3v) is 4.08. The Balaban J connectivity index is 1.80. The highest BCUT2D eigenvalue weighted by Crippen LogP contribution is 2.31. The highest BCUT2D eigenvalue weighted by Gasteiger charge is 2.34. The van der Waals surface area contributed by atoms with Crippen LogP contribution in [0.3, 0.4) is 0 Å². The first-order valence-corrected chi connectivity index (χ1v) is 6.72. The summed E-state index contributed by atoms with van der Waals surface area (Å²) in [6, 6.07) is 9.68. The van der Waals surface area contributed by atoms with Gasteiger partial charge in [0.15, 0.2) is 0 Å². The normalized spacial score (nSPS) is 27.8. The minimum atomic E-state index is 0.463. The van der Waals surface area contributed by atoms with E-state index in [9.17, 15) is 0 Å². The second-order valence-corrected chi connectivity index (χ2v) is 5.59. The van der Waals surface area contributed by atoms with Crippen molar-refractivity contribution >= 4 is 5.69 Å². The van der Waals surface area contributed by atoms with Gasteiger partial charge in [0.2, 0.25) is 0 Å². The largest absolute Gasteiger partial charge is 0.374 e. The van der Waals surface area contributed by atoms with Gasteiger partial charge in [-0.25, -0.2) is 0 Å². The average Bonchev–Trinajstić information content (AvgIpc) is 2.40. The molecule has 1 aromatic carbocycles. The number of rotatable bonds is 2. The molecule has 0 amide bonds. The molecule has 1 aromatic rings. The zero-order valence-corrected chi connectivity index (χ0v) is 10.7. The minimum absolute atomic E-state index is 0.463. The van der Waals surface area contributed by atoms with Crippen molar-refractivity contribution in [1.29, 1.82) is 0 Å². The van der Waals surface area contributed by atoms with E-state index in [0.29, 0.717) is 18.1 Å². The van der Waals surface area contributed by atoms with Crippen LogP contribution < -0.4 is 4.90 Å². The lowest BCUT2D eigenvalue weighted by Crippen LogP contribution is -2.54. The molecule has 2 heteroatoms. The summed E-state index contributed by atoms with van der Waals surface area (Å²) in [7, 11) is 0. The number of benzene rings is 1. The number of nitrogens with zero attached hydrogens (tertiary/aromatic N) is 1. The van der Waals surface area contributed by atoms with Gasteiger partial charge in [0.1, 0.15) is 0 Å². The highest BCUT2D eigenvalue weighted by molar-refractivity contribution is 5.50. The van der Waals surface area contributed by atoms with Crippen LogP contribution in [0.4, 0.5) is 5.69 Å². The SMILES string of the molecule is CC(C)c1ccc(N2CC3CCC2CO3)cc1. The van der Waals surface area contributed by atoms with E-state index in [1.807, 2.05) is 0 Å². The summed E-state index contributed by atoms with van der Waals surface area (Å²) < 4.78 is 5.75. The predicted molar refractivity (Wildman–Crippen MR) is 70.6 cm³/mol. The fourth-order valence-electron chi connectivity index (χ4n) is 2.92. The minimum Gasteiger partial charge on any atom is -0.374 e. The van der Waals surface area contributed by atoms with E-state index in [0.717, 1.165) is 13.2 Å².